The zero-order valence-electron chi connectivity index (χ0n) is 13.9. The summed E-state index contributed by atoms with van der Waals surface area (Å²) in [6.45, 7) is 1.55. The lowest BCUT2D eigenvalue weighted by Gasteiger charge is -2.18. The third kappa shape index (κ3) is 3.40. The monoisotopic (exact) mass is 400 g/mol. The molecule has 1 atom stereocenters. The molecule has 4 N–H and O–H groups in total. The number of aliphatic carboxylic acids is 1. The Morgan fingerprint density at radius 2 is 2.04 bits per heavy atom. The third-order valence-corrected chi connectivity index (χ3v) is 5.94. The van der Waals surface area contributed by atoms with E-state index >= 15 is 0 Å². The highest BCUT2D eigenvalue weighted by molar-refractivity contribution is 7.91. The number of ether oxygens (including phenoxy) is 1. The molecule has 140 valence electrons. The minimum absolute atomic E-state index is 0.0218. The maximum atomic E-state index is 13.2. The number of rotatable bonds is 6. The molecule has 8 nitrogen and oxygen atoms in total. The summed E-state index contributed by atoms with van der Waals surface area (Å²) in [5.74, 6) is -2.54. The number of aromatic amines is 1. The van der Waals surface area contributed by atoms with Crippen LogP contribution in [0.2, 0.25) is 5.02 Å². The molecule has 0 saturated heterocycles. The fourth-order valence-corrected chi connectivity index (χ4v) is 4.53. The van der Waals surface area contributed by atoms with Crippen LogP contribution in [-0.2, 0) is 14.6 Å². The topological polar surface area (TPSA) is 140 Å². The minimum Gasteiger partial charge on any atom is -0.495 e. The van der Waals surface area contributed by atoms with Gasteiger partial charge in [-0.3, -0.25) is 9.59 Å². The van der Waals surface area contributed by atoms with Gasteiger partial charge in [-0.25, -0.2) is 8.42 Å². The summed E-state index contributed by atoms with van der Waals surface area (Å²) in [5, 5.41) is 9.59. The van der Waals surface area contributed by atoms with Gasteiger partial charge in [-0.15, -0.1) is 0 Å². The molecule has 0 aliphatic heterocycles. The van der Waals surface area contributed by atoms with Gasteiger partial charge in [0.1, 0.15) is 16.3 Å². The first-order valence-corrected chi connectivity index (χ1v) is 9.33. The number of carboxylic acids is 1. The molecule has 1 unspecified atom stereocenters. The quantitative estimate of drug-likeness (QED) is 0.673. The zero-order valence-corrected chi connectivity index (χ0v) is 15.5. The molecule has 10 heteroatoms. The van der Waals surface area contributed by atoms with Crippen LogP contribution in [-0.4, -0.2) is 31.6 Å². The Labute approximate surface area is 154 Å². The van der Waals surface area contributed by atoms with E-state index < -0.39 is 37.9 Å². The van der Waals surface area contributed by atoms with Crippen LogP contribution in [0.15, 0.2) is 39.0 Å². The third-order valence-electron chi connectivity index (χ3n) is 3.89. The maximum absolute atomic E-state index is 13.2. The lowest BCUT2D eigenvalue weighted by atomic mass is 9.96. The molecule has 0 saturated carbocycles. The van der Waals surface area contributed by atoms with Crippen LogP contribution >= 0.6 is 11.6 Å². The van der Waals surface area contributed by atoms with Crippen molar-refractivity contribution in [1.82, 2.24) is 4.98 Å². The van der Waals surface area contributed by atoms with Crippen molar-refractivity contribution in [2.75, 3.05) is 12.8 Å². The Morgan fingerprint density at radius 3 is 2.58 bits per heavy atom. The van der Waals surface area contributed by atoms with Crippen LogP contribution in [0.3, 0.4) is 0 Å². The van der Waals surface area contributed by atoms with E-state index in [0.29, 0.717) is 0 Å². The van der Waals surface area contributed by atoms with Gasteiger partial charge in [-0.05, 0) is 24.6 Å². The van der Waals surface area contributed by atoms with E-state index in [9.17, 15) is 23.1 Å². The highest BCUT2D eigenvalue weighted by Crippen LogP contribution is 2.37. The molecule has 1 aromatic carbocycles. The van der Waals surface area contributed by atoms with E-state index in [4.69, 9.17) is 22.1 Å². The lowest BCUT2D eigenvalue weighted by molar-refractivity contribution is -0.138. The highest BCUT2D eigenvalue weighted by atomic mass is 35.5. The second kappa shape index (κ2) is 7.38. The first-order chi connectivity index (χ1) is 12.1. The van der Waals surface area contributed by atoms with Crippen molar-refractivity contribution in [2.24, 2.45) is 0 Å². The number of aromatic nitrogens is 1. The van der Waals surface area contributed by atoms with Gasteiger partial charge >= 0.3 is 5.97 Å². The summed E-state index contributed by atoms with van der Waals surface area (Å²) in [6.07, 6.45) is 0.980. The number of anilines is 1. The van der Waals surface area contributed by atoms with E-state index in [2.05, 4.69) is 4.98 Å². The van der Waals surface area contributed by atoms with Crippen molar-refractivity contribution in [3.63, 3.8) is 0 Å². The molecule has 2 aromatic rings. The largest absolute Gasteiger partial charge is 0.495 e. The predicted molar refractivity (Wildman–Crippen MR) is 95.6 cm³/mol. The number of sulfone groups is 1. The number of halogens is 1. The van der Waals surface area contributed by atoms with Crippen molar-refractivity contribution in [3.8, 4) is 5.75 Å². The number of pyridine rings is 1. The number of hydrogen-bond donors (Lipinski definition) is 3. The molecule has 0 aliphatic rings. The van der Waals surface area contributed by atoms with E-state index in [1.165, 1.54) is 25.3 Å². The Bertz CT molecular complexity index is 1020. The molecule has 0 amide bonds. The Morgan fingerprint density at radius 1 is 1.38 bits per heavy atom. The maximum Gasteiger partial charge on any atom is 0.311 e. The SMILES string of the molecule is CCC(C(=O)O)c1c(S(=O)(=O)c2cc(Cl)ccc2OC)c[nH]c(=O)c1N. The molecule has 0 bridgehead atoms. The summed E-state index contributed by atoms with van der Waals surface area (Å²) in [4.78, 5) is 25.0. The Hall–Kier alpha value is -2.52. The van der Waals surface area contributed by atoms with Crippen molar-refractivity contribution in [1.29, 1.82) is 0 Å². The van der Waals surface area contributed by atoms with Gasteiger partial charge in [0, 0.05) is 16.8 Å². The molecule has 1 aromatic heterocycles. The molecule has 1 heterocycles. The Balaban J connectivity index is 2.88. The van der Waals surface area contributed by atoms with Crippen LogP contribution in [0.5, 0.6) is 5.75 Å². The van der Waals surface area contributed by atoms with Crippen molar-refractivity contribution in [2.45, 2.75) is 29.1 Å². The molecular weight excluding hydrogens is 384 g/mol. The first kappa shape index (κ1) is 19.8. The number of methoxy groups -OCH3 is 1. The van der Waals surface area contributed by atoms with Crippen molar-refractivity contribution < 1.29 is 23.1 Å². The van der Waals surface area contributed by atoms with Crippen LogP contribution in [0.25, 0.3) is 0 Å². The summed E-state index contributed by atoms with van der Waals surface area (Å²) in [7, 11) is -3.00. The van der Waals surface area contributed by atoms with Crippen LogP contribution in [0, 0.1) is 0 Å². The predicted octanol–water partition coefficient (Wildman–Crippen LogP) is 2.03. The molecule has 2 rings (SSSR count). The molecule has 26 heavy (non-hydrogen) atoms. The molecule has 0 aliphatic carbocycles. The van der Waals surface area contributed by atoms with E-state index in [1.807, 2.05) is 0 Å². The number of hydrogen-bond acceptors (Lipinski definition) is 6. The number of nitrogen functional groups attached to an aromatic ring is 1. The fourth-order valence-electron chi connectivity index (χ4n) is 2.60. The number of nitrogens with one attached hydrogen (secondary N) is 1. The number of nitrogens with two attached hydrogens (primary N) is 1. The molecule has 0 fully saturated rings. The standard InChI is InChI=1S/C16H17ClN2O6S/c1-3-9(16(21)22)13-12(7-19-15(20)14(13)18)26(23,24)11-6-8(17)4-5-10(11)25-2/h4-7,9H,3,18H2,1-2H3,(H,19,20)(H,21,22). The average Bonchev–Trinajstić information content (AvgIpc) is 2.58. The van der Waals surface area contributed by atoms with Crippen LogP contribution in [0.4, 0.5) is 5.69 Å². The van der Waals surface area contributed by atoms with Crippen LogP contribution in [0.1, 0.15) is 24.8 Å². The Kier molecular flexibility index (Phi) is 5.62. The van der Waals surface area contributed by atoms with Gasteiger partial charge in [0.05, 0.1) is 17.9 Å². The summed E-state index contributed by atoms with van der Waals surface area (Å²) in [5.41, 5.74) is 4.26. The van der Waals surface area contributed by atoms with Crippen molar-refractivity contribution >= 4 is 33.1 Å². The minimum atomic E-state index is -4.29. The van der Waals surface area contributed by atoms with Gasteiger partial charge < -0.3 is 20.6 Å². The smallest absolute Gasteiger partial charge is 0.311 e. The van der Waals surface area contributed by atoms with E-state index in [-0.39, 0.29) is 27.7 Å². The van der Waals surface area contributed by atoms with Gasteiger partial charge in [0.15, 0.2) is 0 Å². The summed E-state index contributed by atoms with van der Waals surface area (Å²) in [6, 6.07) is 4.01. The summed E-state index contributed by atoms with van der Waals surface area (Å²) < 4.78 is 31.4. The van der Waals surface area contributed by atoms with Gasteiger partial charge in [-0.1, -0.05) is 18.5 Å². The highest BCUT2D eigenvalue weighted by Gasteiger charge is 2.33. The number of H-pyrrole nitrogens is 1. The van der Waals surface area contributed by atoms with Gasteiger partial charge in [-0.2, -0.15) is 0 Å². The number of carbonyl (C=O) groups is 1. The van der Waals surface area contributed by atoms with Crippen molar-refractivity contribution in [3.05, 3.63) is 45.3 Å². The lowest BCUT2D eigenvalue weighted by Crippen LogP contribution is -2.23. The van der Waals surface area contributed by atoms with Crippen LogP contribution < -0.4 is 16.0 Å². The van der Waals surface area contributed by atoms with E-state index in [0.717, 1.165) is 6.20 Å². The molecular formula is C16H17ClN2O6S. The number of benzene rings is 1. The summed E-state index contributed by atoms with van der Waals surface area (Å²) >= 11 is 5.91. The zero-order chi connectivity index (χ0) is 19.6. The van der Waals surface area contributed by atoms with Gasteiger partial charge in [0.2, 0.25) is 9.84 Å². The number of carboxylic acid groups (broad SMARTS) is 1. The molecule has 0 radical (unpaired) electrons. The first-order valence-electron chi connectivity index (χ1n) is 7.47. The van der Waals surface area contributed by atoms with E-state index in [1.54, 1.807) is 6.92 Å². The molecule has 0 spiro atoms. The normalized spacial score (nSPS) is 12.6. The second-order valence-electron chi connectivity index (χ2n) is 5.41. The second-order valence-corrected chi connectivity index (χ2v) is 7.73. The average molecular weight is 401 g/mol. The fraction of sp³-hybridized carbons (Fsp3) is 0.250. The van der Waals surface area contributed by atoms with Gasteiger partial charge in [0.25, 0.3) is 5.56 Å².